The van der Waals surface area contributed by atoms with Crippen LogP contribution in [-0.2, 0) is 4.79 Å². The minimum absolute atomic E-state index is 0.146. The molecule has 2 N–H and O–H groups in total. The molecular weight excluding hydrogens is 438 g/mol. The number of anilines is 3. The van der Waals surface area contributed by atoms with Crippen molar-refractivity contribution in [3.63, 3.8) is 0 Å². The van der Waals surface area contributed by atoms with E-state index in [9.17, 15) is 9.59 Å². The predicted octanol–water partition coefficient (Wildman–Crippen LogP) is 4.27. The summed E-state index contributed by atoms with van der Waals surface area (Å²) in [5, 5.41) is 14.8. The molecule has 0 unspecified atom stereocenters. The summed E-state index contributed by atoms with van der Waals surface area (Å²) >= 11 is 0. The van der Waals surface area contributed by atoms with E-state index in [0.29, 0.717) is 22.5 Å². The van der Waals surface area contributed by atoms with Crippen LogP contribution in [0.1, 0.15) is 27.9 Å². The average molecular weight is 468 g/mol. The third kappa shape index (κ3) is 6.46. The van der Waals surface area contributed by atoms with E-state index in [1.165, 1.54) is 0 Å². The fourth-order valence-corrected chi connectivity index (χ4v) is 4.24. The Labute approximate surface area is 206 Å². The van der Waals surface area contributed by atoms with E-state index in [0.717, 1.165) is 43.9 Å². The van der Waals surface area contributed by atoms with Crippen molar-refractivity contribution in [2.24, 2.45) is 0 Å². The summed E-state index contributed by atoms with van der Waals surface area (Å²) in [4.78, 5) is 30.2. The second-order valence-electron chi connectivity index (χ2n) is 8.69. The Balaban J connectivity index is 1.34. The summed E-state index contributed by atoms with van der Waals surface area (Å²) in [6, 6.07) is 24.4. The SMILES string of the molecule is Cc1cccc(NC(=O)c2ccccc2NC(=O)CN2CCCN(c3ccc(C#N)cc3)CC2)c1. The van der Waals surface area contributed by atoms with E-state index in [4.69, 9.17) is 5.26 Å². The van der Waals surface area contributed by atoms with Crippen LogP contribution in [-0.4, -0.2) is 49.4 Å². The number of rotatable bonds is 6. The summed E-state index contributed by atoms with van der Waals surface area (Å²) in [6.45, 7) is 5.49. The first-order valence-corrected chi connectivity index (χ1v) is 11.8. The van der Waals surface area contributed by atoms with Gasteiger partial charge in [0, 0.05) is 37.6 Å². The molecule has 0 spiro atoms. The molecule has 1 heterocycles. The van der Waals surface area contributed by atoms with Crippen LogP contribution >= 0.6 is 0 Å². The monoisotopic (exact) mass is 467 g/mol. The molecule has 0 saturated carbocycles. The van der Waals surface area contributed by atoms with E-state index < -0.39 is 0 Å². The molecule has 4 rings (SSSR count). The quantitative estimate of drug-likeness (QED) is 0.565. The minimum Gasteiger partial charge on any atom is -0.370 e. The van der Waals surface area contributed by atoms with E-state index in [-0.39, 0.29) is 18.4 Å². The van der Waals surface area contributed by atoms with Crippen LogP contribution in [0.5, 0.6) is 0 Å². The summed E-state index contributed by atoms with van der Waals surface area (Å²) in [5.41, 5.74) is 4.42. The maximum atomic E-state index is 12.9. The van der Waals surface area contributed by atoms with Gasteiger partial charge in [0.2, 0.25) is 5.91 Å². The number of benzene rings is 3. The summed E-state index contributed by atoms with van der Waals surface area (Å²) in [5.74, 6) is -0.410. The summed E-state index contributed by atoms with van der Waals surface area (Å²) in [7, 11) is 0. The lowest BCUT2D eigenvalue weighted by Crippen LogP contribution is -2.36. The van der Waals surface area contributed by atoms with Gasteiger partial charge in [-0.15, -0.1) is 0 Å². The van der Waals surface area contributed by atoms with Crippen molar-refractivity contribution in [3.05, 3.63) is 89.5 Å². The number of nitrogens with one attached hydrogen (secondary N) is 2. The lowest BCUT2D eigenvalue weighted by atomic mass is 10.1. The van der Waals surface area contributed by atoms with Gasteiger partial charge in [0.15, 0.2) is 0 Å². The molecule has 1 fully saturated rings. The Morgan fingerprint density at radius 2 is 1.71 bits per heavy atom. The van der Waals surface area contributed by atoms with Gasteiger partial charge in [0.1, 0.15) is 0 Å². The number of carbonyl (C=O) groups excluding carboxylic acids is 2. The first-order valence-electron chi connectivity index (χ1n) is 11.8. The van der Waals surface area contributed by atoms with E-state index >= 15 is 0 Å². The molecule has 2 amide bonds. The second-order valence-corrected chi connectivity index (χ2v) is 8.69. The van der Waals surface area contributed by atoms with Crippen molar-refractivity contribution in [2.75, 3.05) is 48.3 Å². The topological polar surface area (TPSA) is 88.5 Å². The molecule has 1 aliphatic heterocycles. The lowest BCUT2D eigenvalue weighted by molar-refractivity contribution is -0.117. The van der Waals surface area contributed by atoms with Gasteiger partial charge in [0.25, 0.3) is 5.91 Å². The number of aryl methyl sites for hydroxylation is 1. The lowest BCUT2D eigenvalue weighted by Gasteiger charge is -2.23. The maximum Gasteiger partial charge on any atom is 0.257 e. The van der Waals surface area contributed by atoms with Crippen LogP contribution in [0.3, 0.4) is 0 Å². The molecular formula is C28H29N5O2. The standard InChI is InChI=1S/C28H29N5O2/c1-21-6-4-7-23(18-21)30-28(35)25-8-2-3-9-26(25)31-27(34)20-32-14-5-15-33(17-16-32)24-12-10-22(19-29)11-13-24/h2-4,6-13,18H,5,14-17,20H2,1H3,(H,30,35)(H,31,34). The second kappa shape index (κ2) is 11.3. The molecule has 7 heteroatoms. The van der Waals surface area contributed by atoms with Crippen molar-refractivity contribution in [1.29, 1.82) is 5.26 Å². The van der Waals surface area contributed by atoms with E-state index in [1.807, 2.05) is 55.5 Å². The van der Waals surface area contributed by atoms with Gasteiger partial charge in [0.05, 0.1) is 29.4 Å². The highest BCUT2D eigenvalue weighted by Crippen LogP contribution is 2.20. The van der Waals surface area contributed by atoms with Gasteiger partial charge in [-0.3, -0.25) is 14.5 Å². The van der Waals surface area contributed by atoms with Crippen LogP contribution in [0.2, 0.25) is 0 Å². The molecule has 7 nitrogen and oxygen atoms in total. The highest BCUT2D eigenvalue weighted by Gasteiger charge is 2.19. The van der Waals surface area contributed by atoms with Crippen LogP contribution in [0.4, 0.5) is 17.1 Å². The fourth-order valence-electron chi connectivity index (χ4n) is 4.24. The van der Waals surface area contributed by atoms with Crippen molar-refractivity contribution < 1.29 is 9.59 Å². The van der Waals surface area contributed by atoms with Crippen LogP contribution in [0.25, 0.3) is 0 Å². The number of hydrogen-bond acceptors (Lipinski definition) is 5. The minimum atomic E-state index is -0.265. The zero-order chi connectivity index (χ0) is 24.6. The molecule has 35 heavy (non-hydrogen) atoms. The zero-order valence-electron chi connectivity index (χ0n) is 19.8. The van der Waals surface area contributed by atoms with Gasteiger partial charge in [-0.25, -0.2) is 0 Å². The Morgan fingerprint density at radius 1 is 0.914 bits per heavy atom. The maximum absolute atomic E-state index is 12.9. The van der Waals surface area contributed by atoms with E-state index in [2.05, 4.69) is 26.5 Å². The van der Waals surface area contributed by atoms with Crippen molar-refractivity contribution in [1.82, 2.24) is 4.90 Å². The van der Waals surface area contributed by atoms with Gasteiger partial charge in [-0.1, -0.05) is 24.3 Å². The molecule has 3 aromatic carbocycles. The highest BCUT2D eigenvalue weighted by atomic mass is 16.2. The first-order chi connectivity index (χ1) is 17.0. The summed E-state index contributed by atoms with van der Waals surface area (Å²) < 4.78 is 0. The molecule has 3 aromatic rings. The number of nitrogens with zero attached hydrogens (tertiary/aromatic N) is 3. The Morgan fingerprint density at radius 3 is 2.49 bits per heavy atom. The molecule has 0 aliphatic carbocycles. The smallest absolute Gasteiger partial charge is 0.257 e. The molecule has 178 valence electrons. The molecule has 1 saturated heterocycles. The molecule has 0 bridgehead atoms. The average Bonchev–Trinajstić information content (AvgIpc) is 3.10. The Hall–Kier alpha value is -4.15. The molecule has 0 radical (unpaired) electrons. The van der Waals surface area contributed by atoms with Gasteiger partial charge < -0.3 is 15.5 Å². The van der Waals surface area contributed by atoms with Crippen LogP contribution in [0.15, 0.2) is 72.8 Å². The highest BCUT2D eigenvalue weighted by molar-refractivity contribution is 6.10. The van der Waals surface area contributed by atoms with Gasteiger partial charge >= 0.3 is 0 Å². The van der Waals surface area contributed by atoms with Crippen LogP contribution < -0.4 is 15.5 Å². The number of para-hydroxylation sites is 1. The number of amides is 2. The largest absolute Gasteiger partial charge is 0.370 e. The molecule has 1 aliphatic rings. The normalized spacial score (nSPS) is 14.0. The molecule has 0 aromatic heterocycles. The Kier molecular flexibility index (Phi) is 7.76. The van der Waals surface area contributed by atoms with Crippen molar-refractivity contribution in [3.8, 4) is 6.07 Å². The molecule has 0 atom stereocenters. The van der Waals surface area contributed by atoms with Crippen LogP contribution in [0, 0.1) is 18.3 Å². The number of nitriles is 1. The number of carbonyl (C=O) groups is 2. The first kappa shape index (κ1) is 24.0. The number of hydrogen-bond donors (Lipinski definition) is 2. The van der Waals surface area contributed by atoms with Gasteiger partial charge in [-0.05, 0) is 67.4 Å². The third-order valence-electron chi connectivity index (χ3n) is 6.04. The summed E-state index contributed by atoms with van der Waals surface area (Å²) in [6.07, 6.45) is 0.933. The Bertz CT molecular complexity index is 1230. The fraction of sp³-hybridized carbons (Fsp3) is 0.250. The predicted molar refractivity (Wildman–Crippen MR) is 139 cm³/mol. The van der Waals surface area contributed by atoms with E-state index in [1.54, 1.807) is 24.3 Å². The van der Waals surface area contributed by atoms with Crippen molar-refractivity contribution in [2.45, 2.75) is 13.3 Å². The zero-order valence-corrected chi connectivity index (χ0v) is 19.8. The third-order valence-corrected chi connectivity index (χ3v) is 6.04. The van der Waals surface area contributed by atoms with Crippen molar-refractivity contribution >= 4 is 28.9 Å². The van der Waals surface area contributed by atoms with Gasteiger partial charge in [-0.2, -0.15) is 5.26 Å².